The molecular weight excluding hydrogens is 889 g/mol. The average molecular weight is 957 g/mol. The van der Waals surface area contributed by atoms with Gasteiger partial charge in [-0.25, -0.2) is 4.79 Å². The number of hydrogen-bond donors (Lipinski definition) is 7. The number of ether oxygens (including phenoxy) is 5. The predicted molar refractivity (Wildman–Crippen MR) is 252 cm³/mol. The second kappa shape index (κ2) is 21.0. The number of nitrogens with one attached hydrogen (secondary N) is 1. The Bertz CT molecular complexity index is 2480. The maximum absolute atomic E-state index is 14.6. The highest BCUT2D eigenvalue weighted by atomic mass is 16.6. The minimum absolute atomic E-state index is 0.00634. The van der Waals surface area contributed by atoms with Crippen molar-refractivity contribution in [2.75, 3.05) is 73.0 Å². The molecule has 374 valence electrons. The van der Waals surface area contributed by atoms with Crippen molar-refractivity contribution in [1.29, 1.82) is 0 Å². The van der Waals surface area contributed by atoms with Crippen LogP contribution >= 0.6 is 0 Å². The summed E-state index contributed by atoms with van der Waals surface area (Å²) >= 11 is 0. The summed E-state index contributed by atoms with van der Waals surface area (Å²) < 4.78 is 31.4. The number of fused-ring (bicyclic) bond motifs is 8. The molecule has 69 heavy (non-hydrogen) atoms. The number of carbonyl (C=O) groups excluding carboxylic acids is 3. The summed E-state index contributed by atoms with van der Waals surface area (Å²) in [5.41, 5.74) is 2.64. The maximum Gasteiger partial charge on any atom is 0.375 e. The summed E-state index contributed by atoms with van der Waals surface area (Å²) in [6, 6.07) is 5.95. The van der Waals surface area contributed by atoms with Crippen LogP contribution in [0.3, 0.4) is 0 Å². The van der Waals surface area contributed by atoms with Crippen LogP contribution in [-0.2, 0) is 43.3 Å². The van der Waals surface area contributed by atoms with Crippen molar-refractivity contribution in [3.8, 4) is 17.2 Å². The van der Waals surface area contributed by atoms with E-state index < -0.39 is 60.3 Å². The van der Waals surface area contributed by atoms with Gasteiger partial charge < -0.3 is 64.2 Å². The number of Topliss-reactive ketones (excluding diaryl/α,β-unsaturated/α-hetero) is 1. The van der Waals surface area contributed by atoms with Crippen LogP contribution in [-0.4, -0.2) is 143 Å². The van der Waals surface area contributed by atoms with Crippen LogP contribution in [0.2, 0.25) is 0 Å². The molecule has 16 heteroatoms. The summed E-state index contributed by atoms with van der Waals surface area (Å²) in [6.07, 6.45) is 5.66. The summed E-state index contributed by atoms with van der Waals surface area (Å²) in [5, 5.41) is 69.2. The van der Waals surface area contributed by atoms with Gasteiger partial charge in [0.25, 0.3) is 0 Å². The average Bonchev–Trinajstić information content (AvgIpc) is 4.03. The van der Waals surface area contributed by atoms with Crippen molar-refractivity contribution in [2.45, 2.75) is 95.4 Å². The van der Waals surface area contributed by atoms with Crippen LogP contribution in [0.1, 0.15) is 92.0 Å². The molecule has 9 rings (SSSR count). The molecule has 2 aliphatic carbocycles. The molecule has 0 radical (unpaired) electrons. The second-order valence-corrected chi connectivity index (χ2v) is 20.0. The van der Waals surface area contributed by atoms with Gasteiger partial charge in [-0.1, -0.05) is 5.57 Å². The van der Waals surface area contributed by atoms with Gasteiger partial charge in [0, 0.05) is 93.7 Å². The number of aldehydes is 1. The van der Waals surface area contributed by atoms with Crippen molar-refractivity contribution in [3.63, 3.8) is 0 Å². The number of likely N-dealkylation sites (tertiary alicyclic amines) is 1. The zero-order valence-corrected chi connectivity index (χ0v) is 39.8. The number of aryl methyl sites for hydroxylation is 1. The van der Waals surface area contributed by atoms with E-state index in [0.717, 1.165) is 41.5 Å². The van der Waals surface area contributed by atoms with Crippen LogP contribution in [0.4, 0.5) is 0 Å². The Morgan fingerprint density at radius 1 is 1.03 bits per heavy atom. The zero-order chi connectivity index (χ0) is 48.6. The first-order chi connectivity index (χ1) is 33.6. The van der Waals surface area contributed by atoms with Crippen molar-refractivity contribution >= 4 is 34.5 Å². The molecule has 7 N–H and O–H groups in total. The van der Waals surface area contributed by atoms with Crippen molar-refractivity contribution in [1.82, 2.24) is 9.88 Å². The van der Waals surface area contributed by atoms with E-state index in [1.54, 1.807) is 14.0 Å². The molecule has 4 aliphatic heterocycles. The fourth-order valence-electron chi connectivity index (χ4n) is 13.1. The summed E-state index contributed by atoms with van der Waals surface area (Å²) in [5.74, 6) is -4.17. The number of aliphatic hydroxyl groups excluding tert-OH is 5. The van der Waals surface area contributed by atoms with Gasteiger partial charge in [-0.3, -0.25) is 9.59 Å². The van der Waals surface area contributed by atoms with Gasteiger partial charge in [-0.05, 0) is 130 Å². The molecule has 0 spiro atoms. The number of H-pyrrole nitrogens is 1. The molecule has 9 unspecified atom stereocenters. The lowest BCUT2D eigenvalue weighted by molar-refractivity contribution is -0.207. The summed E-state index contributed by atoms with van der Waals surface area (Å²) in [4.78, 5) is 47.9. The van der Waals surface area contributed by atoms with E-state index in [4.69, 9.17) is 23.7 Å². The van der Waals surface area contributed by atoms with Crippen molar-refractivity contribution in [3.05, 3.63) is 69.1 Å². The predicted octanol–water partition coefficient (Wildman–Crippen LogP) is 3.92. The zero-order valence-electron chi connectivity index (χ0n) is 39.8. The number of aromatic nitrogens is 1. The van der Waals surface area contributed by atoms with Gasteiger partial charge in [0.1, 0.15) is 34.7 Å². The van der Waals surface area contributed by atoms with Crippen molar-refractivity contribution < 1.29 is 68.7 Å². The Kier molecular flexibility index (Phi) is 15.0. The molecule has 1 saturated heterocycles. The number of piperidine rings is 1. The van der Waals surface area contributed by atoms with Gasteiger partial charge in [-0.2, -0.15) is 0 Å². The van der Waals surface area contributed by atoms with Crippen LogP contribution in [0.5, 0.6) is 17.2 Å². The number of benzene rings is 2. The van der Waals surface area contributed by atoms with Gasteiger partial charge in [0.15, 0.2) is 6.29 Å². The number of methoxy groups -OCH3 is 1. The first kappa shape index (κ1) is 49.3. The quantitative estimate of drug-likeness (QED) is 0.0650. The standard InChI is InChI=1S/C53H68N2O14/c1-3-66-52(63)51-39(26-60)45-32-16-35(25-59)47(62)37(19-32)36-18-31-9-11-54-43(31)20-30(36)8-7-29(23-57)28-67-49-38-21-44(68-48(38)40(27-61)50(69-51)46(45)49)53(64)41(6-4-14-56)34(24-58)17-33-22-55(12-5-15-65-2)13-10-42(33)53/h9,11,18,20,26,29,33-35,37,41-42,44,54,56-59,61,64H,3-8,10,12-17,19,21-25,27-28H2,1-2H3. The lowest BCUT2D eigenvalue weighted by Gasteiger charge is -2.57. The molecule has 16 nitrogen and oxygen atoms in total. The van der Waals surface area contributed by atoms with Crippen LogP contribution in [0.15, 0.2) is 41.3 Å². The number of ketones is 1. The normalized spacial score (nSPS) is 29.1. The Balaban J connectivity index is 1.25. The SMILES string of the molecule is CCOC(=O)C1=C(C=O)C2=C3CC(CO)C(=O)C(C3)c3cc4cc[nH]c4cc3CCC(CO)COc3c4c(c(CO)c(c32)O1)OC(C1(O)C(CCCO)C(CO)CC2CN(CCCOC)CCC21)C4. The highest BCUT2D eigenvalue weighted by Crippen LogP contribution is 2.60. The molecule has 3 aromatic rings. The Morgan fingerprint density at radius 3 is 2.59 bits per heavy atom. The maximum atomic E-state index is 14.6. The van der Waals surface area contributed by atoms with E-state index in [1.807, 2.05) is 24.4 Å². The van der Waals surface area contributed by atoms with E-state index in [2.05, 4.69) is 9.88 Å². The topological polar surface area (TPSA) is 238 Å². The number of hydrogen-bond acceptors (Lipinski definition) is 15. The third-order valence-electron chi connectivity index (χ3n) is 16.3. The van der Waals surface area contributed by atoms with Crippen LogP contribution < -0.4 is 14.2 Å². The number of rotatable bonds is 15. The largest absolute Gasteiger partial charge is 0.492 e. The number of allylic oxidation sites excluding steroid dienone is 3. The lowest BCUT2D eigenvalue weighted by Crippen LogP contribution is -2.66. The Hall–Kier alpha value is -4.65. The molecule has 0 amide bonds. The molecular formula is C53H68N2O14. The number of carbonyl (C=O) groups is 3. The minimum atomic E-state index is -1.54. The number of aromatic amines is 1. The summed E-state index contributed by atoms with van der Waals surface area (Å²) in [7, 11) is 1.69. The van der Waals surface area contributed by atoms with E-state index in [-0.39, 0.29) is 115 Å². The molecule has 3 fully saturated rings. The van der Waals surface area contributed by atoms with E-state index in [9.17, 15) is 45.0 Å². The van der Waals surface area contributed by atoms with Gasteiger partial charge >= 0.3 is 5.97 Å². The van der Waals surface area contributed by atoms with E-state index >= 15 is 0 Å². The number of esters is 1. The lowest BCUT2D eigenvalue weighted by atomic mass is 9.54. The molecule has 2 aromatic carbocycles. The monoisotopic (exact) mass is 956 g/mol. The molecule has 1 aromatic heterocycles. The fourth-order valence-corrected chi connectivity index (χ4v) is 13.1. The number of nitrogens with zero attached hydrogens (tertiary/aromatic N) is 1. The molecule has 5 heterocycles. The van der Waals surface area contributed by atoms with E-state index in [0.29, 0.717) is 69.1 Å². The fraction of sp³-hybridized carbons (Fsp3) is 0.604. The first-order valence-corrected chi connectivity index (χ1v) is 25.0. The molecule has 2 saturated carbocycles. The molecule has 2 bridgehead atoms. The highest BCUT2D eigenvalue weighted by Gasteiger charge is 2.61. The Labute approximate surface area is 402 Å². The first-order valence-electron chi connectivity index (χ1n) is 25.0. The minimum Gasteiger partial charge on any atom is -0.492 e. The summed E-state index contributed by atoms with van der Waals surface area (Å²) in [6.45, 7) is 2.85. The van der Waals surface area contributed by atoms with Crippen LogP contribution in [0, 0.1) is 35.5 Å². The third-order valence-corrected chi connectivity index (χ3v) is 16.3. The van der Waals surface area contributed by atoms with Gasteiger partial charge in [0.2, 0.25) is 5.76 Å². The smallest absolute Gasteiger partial charge is 0.375 e. The van der Waals surface area contributed by atoms with Gasteiger partial charge in [0.05, 0.1) is 43.1 Å². The highest BCUT2D eigenvalue weighted by molar-refractivity contribution is 6.11. The van der Waals surface area contributed by atoms with Gasteiger partial charge in [-0.15, -0.1) is 0 Å². The Morgan fingerprint density at radius 2 is 1.87 bits per heavy atom. The van der Waals surface area contributed by atoms with E-state index in [1.165, 1.54) is 0 Å². The molecule has 6 aliphatic rings. The second-order valence-electron chi connectivity index (χ2n) is 20.0. The number of aliphatic hydroxyl groups is 6. The van der Waals surface area contributed by atoms with Crippen molar-refractivity contribution in [2.24, 2.45) is 35.5 Å². The third kappa shape index (κ3) is 8.83. The molecule has 9 atom stereocenters. The van der Waals surface area contributed by atoms with Crippen LogP contribution in [0.25, 0.3) is 16.5 Å².